The zero-order chi connectivity index (χ0) is 19.3. The molecular formula is C16H16N2O8. The first-order valence-electron chi connectivity index (χ1n) is 7.64. The highest BCUT2D eigenvalue weighted by Crippen LogP contribution is 2.30. The molecule has 0 aliphatic heterocycles. The van der Waals surface area contributed by atoms with Crippen LogP contribution in [0.3, 0.4) is 0 Å². The number of hydrogen-bond acceptors (Lipinski definition) is 9. The van der Waals surface area contributed by atoms with Crippen LogP contribution in [0.2, 0.25) is 0 Å². The lowest BCUT2D eigenvalue weighted by molar-refractivity contribution is -0.156. The van der Waals surface area contributed by atoms with Crippen molar-refractivity contribution in [3.63, 3.8) is 0 Å². The summed E-state index contributed by atoms with van der Waals surface area (Å²) in [7, 11) is 0. The summed E-state index contributed by atoms with van der Waals surface area (Å²) in [5.41, 5.74) is 0.226. The Kier molecular flexibility index (Phi) is 6.12. The Morgan fingerprint density at radius 1 is 1.23 bits per heavy atom. The van der Waals surface area contributed by atoms with Gasteiger partial charge in [0.1, 0.15) is 17.5 Å². The van der Waals surface area contributed by atoms with E-state index in [4.69, 9.17) is 9.84 Å². The van der Waals surface area contributed by atoms with E-state index in [1.54, 1.807) is 0 Å². The number of rotatable bonds is 6. The summed E-state index contributed by atoms with van der Waals surface area (Å²) in [5, 5.41) is 33.8. The maximum atomic E-state index is 11.9. The van der Waals surface area contributed by atoms with Crippen molar-refractivity contribution in [2.75, 3.05) is 0 Å². The van der Waals surface area contributed by atoms with E-state index in [0.717, 1.165) is 6.08 Å². The molecule has 0 heterocycles. The lowest BCUT2D eigenvalue weighted by atomic mass is 9.82. The standard InChI is InChI=1S/C16H16N2O8/c19-11-5-8(1-3-10(11)17-24)2-4-14(21)26-13-7-9(16(22)23)6-12(20)15(13)18-25/h1-5,9,12-13,15,19-20H,6-7H2,(H,22,23)/b4-2+/t9-,12-,13-,15-/m1/s1. The van der Waals surface area contributed by atoms with Crippen LogP contribution in [0.4, 0.5) is 5.69 Å². The van der Waals surface area contributed by atoms with Gasteiger partial charge in [-0.2, -0.15) is 4.91 Å². The molecule has 0 spiro atoms. The molecule has 10 heteroatoms. The van der Waals surface area contributed by atoms with E-state index >= 15 is 0 Å². The third kappa shape index (κ3) is 4.48. The van der Waals surface area contributed by atoms with Crippen LogP contribution in [0, 0.1) is 15.7 Å². The molecule has 3 N–H and O–H groups in total. The van der Waals surface area contributed by atoms with Crippen LogP contribution in [0.15, 0.2) is 34.6 Å². The molecule has 10 nitrogen and oxygen atoms in total. The number of carbonyl (C=O) groups is 2. The summed E-state index contributed by atoms with van der Waals surface area (Å²) in [6, 6.07) is 2.65. The Bertz CT molecular complexity index is 748. The number of phenolic OH excluding ortho intramolecular Hbond substituents is 1. The fourth-order valence-corrected chi connectivity index (χ4v) is 2.73. The van der Waals surface area contributed by atoms with Gasteiger partial charge in [0, 0.05) is 12.5 Å². The van der Waals surface area contributed by atoms with E-state index in [0.29, 0.717) is 5.56 Å². The molecule has 1 fully saturated rings. The van der Waals surface area contributed by atoms with Gasteiger partial charge in [-0.1, -0.05) is 11.2 Å². The highest BCUT2D eigenvalue weighted by molar-refractivity contribution is 5.87. The van der Waals surface area contributed by atoms with Crippen LogP contribution in [0.1, 0.15) is 18.4 Å². The zero-order valence-electron chi connectivity index (χ0n) is 13.4. The molecule has 1 aromatic carbocycles. The molecule has 2 rings (SSSR count). The molecule has 1 aromatic rings. The first kappa shape index (κ1) is 19.2. The number of carboxylic acid groups (broad SMARTS) is 1. The van der Waals surface area contributed by atoms with E-state index < -0.39 is 36.1 Å². The lowest BCUT2D eigenvalue weighted by Gasteiger charge is -2.33. The molecule has 1 saturated carbocycles. The van der Waals surface area contributed by atoms with Crippen molar-refractivity contribution in [1.29, 1.82) is 0 Å². The minimum absolute atomic E-state index is 0.136. The van der Waals surface area contributed by atoms with Crippen molar-refractivity contribution in [1.82, 2.24) is 0 Å². The molecule has 0 unspecified atom stereocenters. The molecule has 1 aliphatic carbocycles. The lowest BCUT2D eigenvalue weighted by Crippen LogP contribution is -2.47. The van der Waals surface area contributed by atoms with Crippen LogP contribution < -0.4 is 0 Å². The van der Waals surface area contributed by atoms with Crippen molar-refractivity contribution in [2.45, 2.75) is 31.1 Å². The minimum Gasteiger partial charge on any atom is -0.506 e. The summed E-state index contributed by atoms with van der Waals surface area (Å²) in [4.78, 5) is 44.3. The highest BCUT2D eigenvalue weighted by atomic mass is 16.5. The van der Waals surface area contributed by atoms with Gasteiger partial charge in [-0.3, -0.25) is 4.79 Å². The molecule has 0 bridgehead atoms. The van der Waals surface area contributed by atoms with Gasteiger partial charge in [0.15, 0.2) is 6.04 Å². The Hall–Kier alpha value is -3.14. The van der Waals surface area contributed by atoms with Crippen molar-refractivity contribution >= 4 is 23.7 Å². The number of carboxylic acids is 1. The van der Waals surface area contributed by atoms with Gasteiger partial charge in [0.2, 0.25) is 0 Å². The molecule has 26 heavy (non-hydrogen) atoms. The SMILES string of the molecule is O=Nc1ccc(/C=C/C(=O)O[C@@H]2C[C@H](C(=O)O)C[C@@H](O)[C@H]2N=O)cc1O. The van der Waals surface area contributed by atoms with E-state index in [-0.39, 0.29) is 24.3 Å². The number of nitroso groups, excluding NO2 is 2. The van der Waals surface area contributed by atoms with Crippen molar-refractivity contribution in [3.8, 4) is 5.75 Å². The third-order valence-corrected chi connectivity index (χ3v) is 4.07. The Morgan fingerprint density at radius 3 is 2.54 bits per heavy atom. The number of esters is 1. The Morgan fingerprint density at radius 2 is 1.96 bits per heavy atom. The number of aliphatic hydroxyl groups is 1. The summed E-state index contributed by atoms with van der Waals surface area (Å²) in [6.45, 7) is 0. The second-order valence-corrected chi connectivity index (χ2v) is 5.82. The normalized spacial score (nSPS) is 25.6. The Balaban J connectivity index is 2.06. The van der Waals surface area contributed by atoms with E-state index in [9.17, 15) is 29.6 Å². The van der Waals surface area contributed by atoms with Crippen molar-refractivity contribution in [3.05, 3.63) is 39.7 Å². The number of aliphatic carboxylic acids is 1. The van der Waals surface area contributed by atoms with E-state index in [1.807, 2.05) is 0 Å². The summed E-state index contributed by atoms with van der Waals surface area (Å²) in [5.74, 6) is -3.35. The summed E-state index contributed by atoms with van der Waals surface area (Å²) in [6.07, 6.45) is -0.474. The fourth-order valence-electron chi connectivity index (χ4n) is 2.73. The average molecular weight is 364 g/mol. The van der Waals surface area contributed by atoms with Gasteiger partial charge < -0.3 is 20.1 Å². The maximum Gasteiger partial charge on any atom is 0.331 e. The zero-order valence-corrected chi connectivity index (χ0v) is 13.4. The van der Waals surface area contributed by atoms with Gasteiger partial charge in [-0.25, -0.2) is 4.79 Å². The van der Waals surface area contributed by atoms with Gasteiger partial charge in [0.25, 0.3) is 0 Å². The van der Waals surface area contributed by atoms with Crippen molar-refractivity contribution in [2.24, 2.45) is 16.3 Å². The molecule has 1 aliphatic rings. The monoisotopic (exact) mass is 364 g/mol. The smallest absolute Gasteiger partial charge is 0.331 e. The quantitative estimate of drug-likeness (QED) is 0.390. The summed E-state index contributed by atoms with van der Waals surface area (Å²) < 4.78 is 5.07. The first-order chi connectivity index (χ1) is 12.3. The van der Waals surface area contributed by atoms with Crippen LogP contribution >= 0.6 is 0 Å². The van der Waals surface area contributed by atoms with Crippen molar-refractivity contribution < 1.29 is 29.6 Å². The van der Waals surface area contributed by atoms with Crippen LogP contribution in [0.5, 0.6) is 5.75 Å². The largest absolute Gasteiger partial charge is 0.506 e. The number of nitrogens with zero attached hydrogens (tertiary/aromatic N) is 2. The highest BCUT2D eigenvalue weighted by Gasteiger charge is 2.42. The number of phenols is 1. The number of carbonyl (C=O) groups excluding carboxylic acids is 1. The van der Waals surface area contributed by atoms with Crippen LogP contribution in [-0.2, 0) is 14.3 Å². The topological polar surface area (TPSA) is 163 Å². The molecule has 0 saturated heterocycles. The number of hydrogen-bond donors (Lipinski definition) is 3. The van der Waals surface area contributed by atoms with Crippen LogP contribution in [-0.4, -0.2) is 45.5 Å². The Labute approximate surface area is 147 Å². The number of benzene rings is 1. The molecule has 0 aromatic heterocycles. The number of aliphatic hydroxyl groups excluding tert-OH is 1. The fraction of sp³-hybridized carbons (Fsp3) is 0.375. The molecule has 0 amide bonds. The maximum absolute atomic E-state index is 11.9. The van der Waals surface area contributed by atoms with E-state index in [1.165, 1.54) is 24.3 Å². The van der Waals surface area contributed by atoms with Gasteiger partial charge >= 0.3 is 11.9 Å². The molecule has 0 radical (unpaired) electrons. The average Bonchev–Trinajstić information content (AvgIpc) is 2.59. The second kappa shape index (κ2) is 8.30. The predicted molar refractivity (Wildman–Crippen MR) is 88.4 cm³/mol. The van der Waals surface area contributed by atoms with Gasteiger partial charge in [-0.05, 0) is 35.4 Å². The second-order valence-electron chi connectivity index (χ2n) is 5.82. The van der Waals surface area contributed by atoms with Crippen LogP contribution in [0.25, 0.3) is 6.08 Å². The first-order valence-corrected chi connectivity index (χ1v) is 7.64. The minimum atomic E-state index is -1.32. The van der Waals surface area contributed by atoms with E-state index in [2.05, 4.69) is 10.4 Å². The molecule has 4 atom stereocenters. The number of aromatic hydroxyl groups is 1. The molecule has 138 valence electrons. The predicted octanol–water partition coefficient (Wildman–Crippen LogP) is 1.71. The molecular weight excluding hydrogens is 348 g/mol. The third-order valence-electron chi connectivity index (χ3n) is 4.07. The number of ether oxygens (including phenoxy) is 1. The van der Waals surface area contributed by atoms with Gasteiger partial charge in [0.05, 0.1) is 12.0 Å². The van der Waals surface area contributed by atoms with Gasteiger partial charge in [-0.15, -0.1) is 4.91 Å². The summed E-state index contributed by atoms with van der Waals surface area (Å²) >= 11 is 0.